The number of aldehydes is 1. The summed E-state index contributed by atoms with van der Waals surface area (Å²) < 4.78 is 0. The summed E-state index contributed by atoms with van der Waals surface area (Å²) in [6, 6.07) is 7.77. The average molecular weight is 272 g/mol. The van der Waals surface area contributed by atoms with Crippen LogP contribution in [-0.2, 0) is 0 Å². The zero-order valence-corrected chi connectivity index (χ0v) is 10.3. The van der Waals surface area contributed by atoms with Gasteiger partial charge in [0.15, 0.2) is 6.29 Å². The van der Waals surface area contributed by atoms with Gasteiger partial charge >= 0.3 is 0 Å². The summed E-state index contributed by atoms with van der Waals surface area (Å²) in [7, 11) is 0. The molecule has 0 saturated carbocycles. The average Bonchev–Trinajstić information content (AvgIpc) is 2.51. The number of nitrogens with two attached hydrogens (primary N) is 2. The van der Waals surface area contributed by atoms with Crippen LogP contribution in [-0.4, -0.2) is 18.1 Å². The van der Waals surface area contributed by atoms with Crippen molar-refractivity contribution in [3.8, 4) is 0 Å². The number of benzene rings is 2. The largest absolute Gasteiger partial charge is 0.298 e. The van der Waals surface area contributed by atoms with Crippen LogP contribution in [0.25, 0.3) is 10.8 Å². The first kappa shape index (κ1) is 13.7. The lowest BCUT2D eigenvalue weighted by atomic mass is 9.97. The van der Waals surface area contributed by atoms with E-state index in [4.69, 9.17) is 11.7 Å². The van der Waals surface area contributed by atoms with Gasteiger partial charge in [0.1, 0.15) is 0 Å². The molecule has 2 aromatic rings. The predicted octanol–water partition coefficient (Wildman–Crippen LogP) is -0.141. The molecule has 0 heterocycles. The normalized spacial score (nSPS) is 10.1. The fraction of sp³-hybridized carbons (Fsp3) is 0. The van der Waals surface area contributed by atoms with Crippen molar-refractivity contribution in [1.29, 1.82) is 0 Å². The summed E-state index contributed by atoms with van der Waals surface area (Å²) in [5, 5.41) is 1.19. The molecule has 0 aliphatic heterocycles. The van der Waals surface area contributed by atoms with Gasteiger partial charge in [-0.3, -0.25) is 25.2 Å². The third kappa shape index (κ3) is 2.22. The van der Waals surface area contributed by atoms with Gasteiger partial charge in [-0.15, -0.1) is 0 Å². The molecule has 0 spiro atoms. The van der Waals surface area contributed by atoms with Gasteiger partial charge in [-0.25, -0.2) is 11.7 Å². The zero-order chi connectivity index (χ0) is 14.7. The Morgan fingerprint density at radius 3 is 2.30 bits per heavy atom. The molecule has 0 saturated heterocycles. The van der Waals surface area contributed by atoms with E-state index in [1.54, 1.807) is 18.2 Å². The molecule has 0 aromatic heterocycles. The summed E-state index contributed by atoms with van der Waals surface area (Å²) in [5.74, 6) is 9.14. The minimum absolute atomic E-state index is 0.172. The number of carbonyl (C=O) groups excluding carboxylic acids is 3. The third-order valence-corrected chi connectivity index (χ3v) is 2.95. The van der Waals surface area contributed by atoms with Gasteiger partial charge in [0.2, 0.25) is 0 Å². The molecule has 0 fully saturated rings. The lowest BCUT2D eigenvalue weighted by Gasteiger charge is -2.08. The highest BCUT2D eigenvalue weighted by Crippen LogP contribution is 2.22. The second-order valence-electron chi connectivity index (χ2n) is 4.03. The van der Waals surface area contributed by atoms with E-state index in [0.29, 0.717) is 22.6 Å². The standard InChI is InChI=1S/C13H12N4O3/c14-16-12(19)8-2-3-9-7(5-8)1-4-10(11(9)6-18)13(20)17-15/h1-6H,14-15H2,(H,16,19)(H,17,20). The molecule has 7 heteroatoms. The van der Waals surface area contributed by atoms with Crippen LogP contribution in [0, 0.1) is 0 Å². The molecule has 20 heavy (non-hydrogen) atoms. The Labute approximate surface area is 113 Å². The van der Waals surface area contributed by atoms with Crippen molar-refractivity contribution in [3.05, 3.63) is 47.0 Å². The molecule has 0 unspecified atom stereocenters. The molecule has 2 rings (SSSR count). The fourth-order valence-corrected chi connectivity index (χ4v) is 1.98. The second kappa shape index (κ2) is 5.47. The van der Waals surface area contributed by atoms with Crippen molar-refractivity contribution >= 4 is 28.9 Å². The number of carbonyl (C=O) groups is 3. The Kier molecular flexibility index (Phi) is 3.74. The molecule has 102 valence electrons. The minimum atomic E-state index is -0.558. The van der Waals surface area contributed by atoms with Crippen LogP contribution in [0.5, 0.6) is 0 Å². The number of amides is 2. The fourth-order valence-electron chi connectivity index (χ4n) is 1.98. The molecule has 0 aliphatic rings. The van der Waals surface area contributed by atoms with Gasteiger partial charge in [-0.05, 0) is 29.0 Å². The smallest absolute Gasteiger partial charge is 0.265 e. The maximum Gasteiger partial charge on any atom is 0.265 e. The Hall–Kier alpha value is -2.77. The quantitative estimate of drug-likeness (QED) is 0.267. The Bertz CT molecular complexity index is 712. The van der Waals surface area contributed by atoms with E-state index in [2.05, 4.69) is 0 Å². The van der Waals surface area contributed by atoms with Gasteiger partial charge in [0, 0.05) is 11.1 Å². The number of rotatable bonds is 3. The first-order chi connectivity index (χ1) is 9.62. The number of nitrogen functional groups attached to an aromatic ring is 2. The topological polar surface area (TPSA) is 127 Å². The number of fused-ring (bicyclic) bond motifs is 1. The summed E-state index contributed by atoms with van der Waals surface area (Å²) in [4.78, 5) is 34.2. The van der Waals surface area contributed by atoms with Gasteiger partial charge in [0.05, 0.1) is 5.56 Å². The maximum atomic E-state index is 11.6. The molecular formula is C13H12N4O3. The summed E-state index contributed by atoms with van der Waals surface area (Å²) in [6.07, 6.45) is 0.579. The maximum absolute atomic E-state index is 11.6. The van der Waals surface area contributed by atoms with E-state index in [-0.39, 0.29) is 11.1 Å². The van der Waals surface area contributed by atoms with Crippen LogP contribution in [0.4, 0.5) is 0 Å². The monoisotopic (exact) mass is 272 g/mol. The lowest BCUT2D eigenvalue weighted by molar-refractivity contribution is 0.0943. The van der Waals surface area contributed by atoms with Crippen LogP contribution in [0.3, 0.4) is 0 Å². The van der Waals surface area contributed by atoms with Crippen LogP contribution < -0.4 is 22.5 Å². The second-order valence-corrected chi connectivity index (χ2v) is 4.03. The summed E-state index contributed by atoms with van der Waals surface area (Å²) >= 11 is 0. The Morgan fingerprint density at radius 2 is 1.70 bits per heavy atom. The highest BCUT2D eigenvalue weighted by molar-refractivity contribution is 6.10. The van der Waals surface area contributed by atoms with Crippen molar-refractivity contribution in [2.75, 3.05) is 0 Å². The molecular weight excluding hydrogens is 260 g/mol. The van der Waals surface area contributed by atoms with Crippen molar-refractivity contribution in [1.82, 2.24) is 10.9 Å². The summed E-state index contributed by atoms with van der Waals surface area (Å²) in [6.45, 7) is 0. The molecule has 0 aliphatic carbocycles. The molecule has 2 amide bonds. The van der Waals surface area contributed by atoms with E-state index in [1.165, 1.54) is 12.1 Å². The van der Waals surface area contributed by atoms with Gasteiger partial charge in [-0.2, -0.15) is 0 Å². The number of hydrazine groups is 2. The number of nitrogens with one attached hydrogen (secondary N) is 2. The summed E-state index contributed by atoms with van der Waals surface area (Å²) in [5.41, 5.74) is 4.74. The van der Waals surface area contributed by atoms with Crippen LogP contribution in [0.1, 0.15) is 31.1 Å². The van der Waals surface area contributed by atoms with Gasteiger partial charge in [-0.1, -0.05) is 12.1 Å². The van der Waals surface area contributed by atoms with Crippen molar-refractivity contribution in [2.24, 2.45) is 11.7 Å². The predicted molar refractivity (Wildman–Crippen MR) is 72.6 cm³/mol. The van der Waals surface area contributed by atoms with Crippen molar-refractivity contribution in [2.45, 2.75) is 0 Å². The SMILES string of the molecule is NNC(=O)c1ccc2c(C=O)c(C(=O)NN)ccc2c1. The molecule has 0 atom stereocenters. The Balaban J connectivity index is 2.67. The van der Waals surface area contributed by atoms with E-state index in [0.717, 1.165) is 0 Å². The van der Waals surface area contributed by atoms with E-state index >= 15 is 0 Å². The third-order valence-electron chi connectivity index (χ3n) is 2.95. The number of hydrogen-bond donors (Lipinski definition) is 4. The van der Waals surface area contributed by atoms with Crippen LogP contribution in [0.2, 0.25) is 0 Å². The van der Waals surface area contributed by atoms with E-state index in [1.807, 2.05) is 10.9 Å². The highest BCUT2D eigenvalue weighted by Gasteiger charge is 2.14. The van der Waals surface area contributed by atoms with Gasteiger partial charge in [0.25, 0.3) is 11.8 Å². The Morgan fingerprint density at radius 1 is 1.00 bits per heavy atom. The molecule has 2 aromatic carbocycles. The molecule has 7 nitrogen and oxygen atoms in total. The highest BCUT2D eigenvalue weighted by atomic mass is 16.2. The van der Waals surface area contributed by atoms with Crippen molar-refractivity contribution < 1.29 is 14.4 Å². The van der Waals surface area contributed by atoms with Crippen molar-refractivity contribution in [3.63, 3.8) is 0 Å². The van der Waals surface area contributed by atoms with Gasteiger partial charge < -0.3 is 0 Å². The molecule has 0 radical (unpaired) electrons. The zero-order valence-electron chi connectivity index (χ0n) is 10.3. The van der Waals surface area contributed by atoms with E-state index in [9.17, 15) is 14.4 Å². The molecule has 0 bridgehead atoms. The van der Waals surface area contributed by atoms with E-state index < -0.39 is 11.8 Å². The lowest BCUT2D eigenvalue weighted by Crippen LogP contribution is -2.31. The van der Waals surface area contributed by atoms with Crippen LogP contribution >= 0.6 is 0 Å². The number of hydrogen-bond acceptors (Lipinski definition) is 5. The first-order valence-corrected chi connectivity index (χ1v) is 5.66. The first-order valence-electron chi connectivity index (χ1n) is 5.66. The minimum Gasteiger partial charge on any atom is -0.298 e. The molecule has 6 N–H and O–H groups in total. The van der Waals surface area contributed by atoms with Crippen LogP contribution in [0.15, 0.2) is 30.3 Å².